The van der Waals surface area contributed by atoms with Gasteiger partial charge in [-0.2, -0.15) is 4.31 Å². The van der Waals surface area contributed by atoms with Gasteiger partial charge in [-0.3, -0.25) is 0 Å². The summed E-state index contributed by atoms with van der Waals surface area (Å²) >= 11 is 3.24. The van der Waals surface area contributed by atoms with Gasteiger partial charge in [0, 0.05) is 48.7 Å². The number of methoxy groups -OCH3 is 4. The van der Waals surface area contributed by atoms with E-state index in [1.165, 1.54) is 52.1 Å². The van der Waals surface area contributed by atoms with Gasteiger partial charge < -0.3 is 24.1 Å². The van der Waals surface area contributed by atoms with Gasteiger partial charge >= 0.3 is 0 Å². The molecule has 0 fully saturated rings. The number of nitrogens with zero attached hydrogens (tertiary/aromatic N) is 3. The van der Waals surface area contributed by atoms with Gasteiger partial charge in [-0.1, -0.05) is 12.1 Å². The van der Waals surface area contributed by atoms with E-state index >= 15 is 0 Å². The highest BCUT2D eigenvalue weighted by Crippen LogP contribution is 2.31. The maximum Gasteiger partial charge on any atom is 0.218 e. The predicted octanol–water partition coefficient (Wildman–Crippen LogP) is 3.51. The maximum absolute atomic E-state index is 13.8. The summed E-state index contributed by atoms with van der Waals surface area (Å²) in [7, 11) is 1.97. The smallest absolute Gasteiger partial charge is 0.218 e. The summed E-state index contributed by atoms with van der Waals surface area (Å²) in [6, 6.07) is 10.3. The third-order valence-corrected chi connectivity index (χ3v) is 8.02. The molecule has 1 atom stereocenters. The molecule has 200 valence electrons. The number of hydrogen-bond donors (Lipinski definition) is 1. The van der Waals surface area contributed by atoms with Crippen LogP contribution in [0.5, 0.6) is 23.0 Å². The Morgan fingerprint density at radius 1 is 0.865 bits per heavy atom. The molecule has 10 nitrogen and oxygen atoms in total. The van der Waals surface area contributed by atoms with Crippen molar-refractivity contribution in [1.82, 2.24) is 14.3 Å². The molecule has 0 saturated heterocycles. The Hall–Kier alpha value is -2.93. The third-order valence-electron chi connectivity index (χ3n) is 5.64. The van der Waals surface area contributed by atoms with E-state index in [2.05, 4.69) is 25.9 Å². The molecule has 0 spiro atoms. The number of sulfonamides is 1. The molecule has 0 radical (unpaired) electrons. The van der Waals surface area contributed by atoms with Crippen molar-refractivity contribution in [1.29, 1.82) is 0 Å². The largest absolute Gasteiger partial charge is 0.497 e. The standard InChI is InChI=1S/C25H30BrN3O7S/c1-25(30,24-27-12-19(26)13-28-24)16-37(31,32)29(14-17-6-8-20(33-2)10-22(17)35-4)15-18-7-9-21(34-3)11-23(18)36-5/h6-13,30H,14-16H2,1-5H3. The minimum Gasteiger partial charge on any atom is -0.497 e. The van der Waals surface area contributed by atoms with E-state index in [1.54, 1.807) is 36.4 Å². The van der Waals surface area contributed by atoms with Gasteiger partial charge in [-0.15, -0.1) is 0 Å². The average Bonchev–Trinajstić information content (AvgIpc) is 2.88. The van der Waals surface area contributed by atoms with Crippen molar-refractivity contribution in [2.45, 2.75) is 25.6 Å². The van der Waals surface area contributed by atoms with Crippen LogP contribution in [0.1, 0.15) is 23.9 Å². The van der Waals surface area contributed by atoms with Crippen molar-refractivity contribution < 1.29 is 32.5 Å². The lowest BCUT2D eigenvalue weighted by atomic mass is 10.1. The van der Waals surface area contributed by atoms with E-state index in [4.69, 9.17) is 18.9 Å². The van der Waals surface area contributed by atoms with Crippen molar-refractivity contribution in [3.63, 3.8) is 0 Å². The fourth-order valence-corrected chi connectivity index (χ4v) is 5.60. The zero-order valence-electron chi connectivity index (χ0n) is 21.3. The molecule has 1 N–H and O–H groups in total. The lowest BCUT2D eigenvalue weighted by molar-refractivity contribution is 0.0705. The number of benzene rings is 2. The Balaban J connectivity index is 2.02. The lowest BCUT2D eigenvalue weighted by Crippen LogP contribution is -2.41. The highest BCUT2D eigenvalue weighted by Gasteiger charge is 2.37. The molecule has 0 amide bonds. The first-order chi connectivity index (χ1) is 17.5. The van der Waals surface area contributed by atoms with Gasteiger partial charge in [0.2, 0.25) is 10.0 Å². The zero-order chi connectivity index (χ0) is 27.2. The third kappa shape index (κ3) is 7.10. The molecule has 3 rings (SSSR count). The second-order valence-corrected chi connectivity index (χ2v) is 11.3. The molecule has 1 heterocycles. The highest BCUT2D eigenvalue weighted by atomic mass is 79.9. The van der Waals surface area contributed by atoms with Gasteiger partial charge in [-0.25, -0.2) is 18.4 Å². The van der Waals surface area contributed by atoms with Crippen LogP contribution in [-0.2, 0) is 28.7 Å². The molecule has 0 bridgehead atoms. The normalized spacial score (nSPS) is 13.2. The first kappa shape index (κ1) is 28.6. The van der Waals surface area contributed by atoms with E-state index in [0.29, 0.717) is 38.6 Å². The fourth-order valence-electron chi connectivity index (χ4n) is 3.70. The first-order valence-corrected chi connectivity index (χ1v) is 13.5. The van der Waals surface area contributed by atoms with Crippen LogP contribution in [0.3, 0.4) is 0 Å². The number of halogens is 1. The van der Waals surface area contributed by atoms with Gasteiger partial charge in [0.05, 0.1) is 32.9 Å². The Morgan fingerprint density at radius 2 is 1.32 bits per heavy atom. The van der Waals surface area contributed by atoms with Crippen LogP contribution in [0.2, 0.25) is 0 Å². The summed E-state index contributed by atoms with van der Waals surface area (Å²) in [5.41, 5.74) is -0.635. The van der Waals surface area contributed by atoms with Crippen LogP contribution in [0.15, 0.2) is 53.3 Å². The van der Waals surface area contributed by atoms with Crippen LogP contribution in [0.25, 0.3) is 0 Å². The number of hydrogen-bond acceptors (Lipinski definition) is 9. The quantitative estimate of drug-likeness (QED) is 0.335. The molecular weight excluding hydrogens is 566 g/mol. The first-order valence-electron chi connectivity index (χ1n) is 11.1. The van der Waals surface area contributed by atoms with E-state index in [0.717, 1.165) is 0 Å². The second kappa shape index (κ2) is 12.1. The predicted molar refractivity (Wildman–Crippen MR) is 141 cm³/mol. The summed E-state index contributed by atoms with van der Waals surface area (Å²) in [5, 5.41) is 11.1. The number of rotatable bonds is 12. The Kier molecular flexibility index (Phi) is 9.35. The van der Waals surface area contributed by atoms with Crippen LogP contribution in [0, 0.1) is 0 Å². The minimum absolute atomic E-state index is 0.0109. The van der Waals surface area contributed by atoms with Crippen LogP contribution >= 0.6 is 15.9 Å². The van der Waals surface area contributed by atoms with E-state index in [1.807, 2.05) is 0 Å². The molecule has 0 aliphatic carbocycles. The minimum atomic E-state index is -4.10. The molecule has 37 heavy (non-hydrogen) atoms. The Bertz CT molecular complexity index is 1260. The lowest BCUT2D eigenvalue weighted by Gasteiger charge is -2.28. The SMILES string of the molecule is COc1ccc(CN(Cc2ccc(OC)cc2OC)S(=O)(=O)CC(C)(O)c2ncc(Br)cn2)c(OC)c1. The molecule has 0 saturated carbocycles. The van der Waals surface area contributed by atoms with Crippen LogP contribution in [0.4, 0.5) is 0 Å². The Labute approximate surface area is 225 Å². The Morgan fingerprint density at radius 3 is 1.73 bits per heavy atom. The van der Waals surface area contributed by atoms with Crippen LogP contribution < -0.4 is 18.9 Å². The molecule has 3 aromatic rings. The van der Waals surface area contributed by atoms with Gasteiger partial charge in [0.25, 0.3) is 0 Å². The molecule has 0 aliphatic heterocycles. The summed E-state index contributed by atoms with van der Waals surface area (Å²) < 4.78 is 51.0. The molecular formula is C25H30BrN3O7S. The van der Waals surface area contributed by atoms with Gasteiger partial charge in [-0.05, 0) is 35.0 Å². The van der Waals surface area contributed by atoms with E-state index < -0.39 is 21.4 Å². The fraction of sp³-hybridized carbons (Fsp3) is 0.360. The average molecular weight is 597 g/mol. The highest BCUT2D eigenvalue weighted by molar-refractivity contribution is 9.10. The molecule has 1 unspecified atom stereocenters. The molecule has 12 heteroatoms. The summed E-state index contributed by atoms with van der Waals surface area (Å²) in [6.07, 6.45) is 2.90. The maximum atomic E-state index is 13.8. The summed E-state index contributed by atoms with van der Waals surface area (Å²) in [5.74, 6) is 1.40. The van der Waals surface area contributed by atoms with Crippen LogP contribution in [-0.4, -0.2) is 62.0 Å². The molecule has 1 aromatic heterocycles. The van der Waals surface area contributed by atoms with Gasteiger partial charge in [0.15, 0.2) is 5.82 Å². The van der Waals surface area contributed by atoms with Crippen molar-refractivity contribution >= 4 is 26.0 Å². The van der Waals surface area contributed by atoms with E-state index in [9.17, 15) is 13.5 Å². The van der Waals surface area contributed by atoms with E-state index in [-0.39, 0.29) is 18.9 Å². The number of aliphatic hydroxyl groups is 1. The van der Waals surface area contributed by atoms with Crippen molar-refractivity contribution in [2.24, 2.45) is 0 Å². The zero-order valence-corrected chi connectivity index (χ0v) is 23.7. The molecule has 2 aromatic carbocycles. The summed E-state index contributed by atoms with van der Waals surface area (Å²) in [4.78, 5) is 8.19. The summed E-state index contributed by atoms with van der Waals surface area (Å²) in [6.45, 7) is 1.29. The second-order valence-electron chi connectivity index (χ2n) is 8.38. The van der Waals surface area contributed by atoms with Gasteiger partial charge in [0.1, 0.15) is 34.4 Å². The molecule has 0 aliphatic rings. The van der Waals surface area contributed by atoms with Crippen molar-refractivity contribution in [3.05, 3.63) is 70.2 Å². The number of aromatic nitrogens is 2. The van der Waals surface area contributed by atoms with Crippen molar-refractivity contribution in [2.75, 3.05) is 34.2 Å². The topological polar surface area (TPSA) is 120 Å². The number of ether oxygens (including phenoxy) is 4. The monoisotopic (exact) mass is 595 g/mol. The van der Waals surface area contributed by atoms with Crippen molar-refractivity contribution in [3.8, 4) is 23.0 Å².